The van der Waals surface area contributed by atoms with Crippen molar-refractivity contribution < 1.29 is 28.5 Å². The van der Waals surface area contributed by atoms with Gasteiger partial charge in [0.2, 0.25) is 5.75 Å². The van der Waals surface area contributed by atoms with Gasteiger partial charge in [0.1, 0.15) is 6.61 Å². The van der Waals surface area contributed by atoms with Crippen LogP contribution in [-0.2, 0) is 14.3 Å². The fourth-order valence-corrected chi connectivity index (χ4v) is 6.13. The summed E-state index contributed by atoms with van der Waals surface area (Å²) in [6, 6.07) is 11.2. The van der Waals surface area contributed by atoms with E-state index in [1.807, 2.05) is 31.2 Å². The highest BCUT2D eigenvalue weighted by molar-refractivity contribution is 7.99. The van der Waals surface area contributed by atoms with Crippen LogP contribution in [0.5, 0.6) is 17.2 Å². The smallest absolute Gasteiger partial charge is 0.336 e. The summed E-state index contributed by atoms with van der Waals surface area (Å²) < 4.78 is 22.4. The Morgan fingerprint density at radius 1 is 1.08 bits per heavy atom. The lowest BCUT2D eigenvalue weighted by Gasteiger charge is -2.37. The average Bonchev–Trinajstić information content (AvgIpc) is 2.93. The monoisotopic (exact) mass is 571 g/mol. The molecule has 9 heteroatoms. The maximum atomic E-state index is 13.9. The Morgan fingerprint density at radius 2 is 1.77 bits per heavy atom. The van der Waals surface area contributed by atoms with Gasteiger partial charge in [0.25, 0.3) is 0 Å². The number of ether oxygens (including phenoxy) is 4. The highest BCUT2D eigenvalue weighted by Crippen LogP contribution is 2.49. The van der Waals surface area contributed by atoms with Gasteiger partial charge in [-0.2, -0.15) is 11.8 Å². The Labute approximate surface area is 238 Å². The summed E-state index contributed by atoms with van der Waals surface area (Å²) >= 11 is 8.20. The lowest BCUT2D eigenvalue weighted by Crippen LogP contribution is -2.36. The quantitative estimate of drug-likeness (QED) is 0.274. The first-order valence-corrected chi connectivity index (χ1v) is 14.4. The van der Waals surface area contributed by atoms with Gasteiger partial charge in [-0.15, -0.1) is 0 Å². The predicted octanol–water partition coefficient (Wildman–Crippen LogP) is 6.02. The summed E-state index contributed by atoms with van der Waals surface area (Å²) in [5.74, 6) is 1.70. The van der Waals surface area contributed by atoms with E-state index in [0.29, 0.717) is 56.9 Å². The minimum absolute atomic E-state index is 0.0493. The summed E-state index contributed by atoms with van der Waals surface area (Å²) in [6.07, 6.45) is 0.859. The number of hydrogen-bond acceptors (Lipinski definition) is 8. The van der Waals surface area contributed by atoms with Crippen molar-refractivity contribution in [2.45, 2.75) is 38.5 Å². The summed E-state index contributed by atoms with van der Waals surface area (Å²) in [5, 5.41) is 4.02. The highest BCUT2D eigenvalue weighted by Gasteiger charge is 2.42. The van der Waals surface area contributed by atoms with E-state index in [2.05, 4.69) is 12.2 Å². The van der Waals surface area contributed by atoms with Crippen LogP contribution in [0.3, 0.4) is 0 Å². The van der Waals surface area contributed by atoms with Crippen LogP contribution in [-0.4, -0.2) is 51.2 Å². The van der Waals surface area contributed by atoms with Gasteiger partial charge in [-0.25, -0.2) is 4.79 Å². The number of rotatable bonds is 10. The third-order valence-electron chi connectivity index (χ3n) is 7.08. The molecular formula is C30H34ClNO6S. The van der Waals surface area contributed by atoms with Gasteiger partial charge in [0.05, 0.1) is 26.9 Å². The number of carbonyl (C=O) groups excluding carboxylic acids is 2. The van der Waals surface area contributed by atoms with Gasteiger partial charge in [-0.1, -0.05) is 36.7 Å². The topological polar surface area (TPSA) is 83.1 Å². The molecule has 1 aliphatic heterocycles. The zero-order chi connectivity index (χ0) is 28.1. The average molecular weight is 572 g/mol. The van der Waals surface area contributed by atoms with Crippen molar-refractivity contribution in [1.29, 1.82) is 0 Å². The van der Waals surface area contributed by atoms with Crippen LogP contribution >= 0.6 is 23.4 Å². The van der Waals surface area contributed by atoms with Crippen LogP contribution in [0.15, 0.2) is 58.9 Å². The maximum absolute atomic E-state index is 13.9. The number of thioether (sulfide) groups is 1. The van der Waals surface area contributed by atoms with Crippen LogP contribution in [0.1, 0.15) is 49.7 Å². The molecule has 4 rings (SSSR count). The van der Waals surface area contributed by atoms with Gasteiger partial charge in [0, 0.05) is 40.1 Å². The second-order valence-corrected chi connectivity index (χ2v) is 11.1. The molecule has 2 atom stereocenters. The molecule has 2 aromatic rings. The van der Waals surface area contributed by atoms with Gasteiger partial charge in [-0.3, -0.25) is 4.79 Å². The molecular weight excluding hydrogens is 538 g/mol. The predicted molar refractivity (Wildman–Crippen MR) is 154 cm³/mol. The first-order valence-electron chi connectivity index (χ1n) is 12.9. The van der Waals surface area contributed by atoms with Crippen LogP contribution < -0.4 is 19.5 Å². The molecule has 1 aliphatic carbocycles. The van der Waals surface area contributed by atoms with Crippen LogP contribution in [0.2, 0.25) is 5.02 Å². The van der Waals surface area contributed by atoms with E-state index >= 15 is 0 Å². The molecule has 1 N–H and O–H groups in total. The molecule has 0 radical (unpaired) electrons. The zero-order valence-corrected chi connectivity index (χ0v) is 24.5. The van der Waals surface area contributed by atoms with E-state index < -0.39 is 11.9 Å². The maximum Gasteiger partial charge on any atom is 0.336 e. The fraction of sp³-hybridized carbons (Fsp3) is 0.400. The van der Waals surface area contributed by atoms with Gasteiger partial charge in [-0.05, 0) is 54.3 Å². The lowest BCUT2D eigenvalue weighted by atomic mass is 9.71. The molecule has 0 saturated heterocycles. The molecule has 0 fully saturated rings. The first-order chi connectivity index (χ1) is 18.8. The molecule has 39 heavy (non-hydrogen) atoms. The minimum atomic E-state index is -0.666. The molecule has 0 bridgehead atoms. The minimum Gasteiger partial charge on any atom is -0.493 e. The van der Waals surface area contributed by atoms with Crippen molar-refractivity contribution in [1.82, 2.24) is 5.32 Å². The van der Waals surface area contributed by atoms with Gasteiger partial charge < -0.3 is 24.3 Å². The van der Waals surface area contributed by atoms with E-state index in [-0.39, 0.29) is 24.7 Å². The fourth-order valence-electron chi connectivity index (χ4n) is 5.35. The Balaban J connectivity index is 1.83. The SMILES string of the molecule is CCSCCOC(=O)C1=C(C)NC2=C(C(=O)C[C@@H](c3ccccc3Cl)C2)[C@@H]1c1cc(OC)c(OC)c(OC)c1. The Hall–Kier alpha value is -3.10. The summed E-state index contributed by atoms with van der Waals surface area (Å²) in [7, 11) is 4.61. The van der Waals surface area contributed by atoms with Crippen molar-refractivity contribution in [2.24, 2.45) is 0 Å². The largest absolute Gasteiger partial charge is 0.493 e. The molecule has 7 nitrogen and oxygen atoms in total. The zero-order valence-electron chi connectivity index (χ0n) is 22.9. The number of esters is 1. The number of halogens is 1. The number of allylic oxidation sites excluding steroid dienone is 3. The molecule has 2 aromatic carbocycles. The second-order valence-electron chi connectivity index (χ2n) is 9.33. The molecule has 0 spiro atoms. The number of benzene rings is 2. The van der Waals surface area contributed by atoms with Crippen molar-refractivity contribution in [2.75, 3.05) is 39.4 Å². The summed E-state index contributed by atoms with van der Waals surface area (Å²) in [6.45, 7) is 4.18. The molecule has 2 aliphatic rings. The second kappa shape index (κ2) is 12.8. The van der Waals surface area contributed by atoms with Crippen LogP contribution in [0.4, 0.5) is 0 Å². The van der Waals surface area contributed by atoms with E-state index in [0.717, 1.165) is 17.0 Å². The summed E-state index contributed by atoms with van der Waals surface area (Å²) in [5.41, 5.74) is 3.99. The van der Waals surface area contributed by atoms with Crippen molar-refractivity contribution >= 4 is 35.1 Å². The van der Waals surface area contributed by atoms with Crippen LogP contribution in [0.25, 0.3) is 0 Å². The first kappa shape index (κ1) is 28.9. The summed E-state index contributed by atoms with van der Waals surface area (Å²) in [4.78, 5) is 27.4. The number of methoxy groups -OCH3 is 3. The molecule has 0 saturated carbocycles. The number of nitrogens with one attached hydrogen (secondary N) is 1. The molecule has 0 aromatic heterocycles. The Bertz CT molecular complexity index is 1300. The standard InChI is InChI=1S/C30H34ClNO6S/c1-6-39-12-11-38-30(34)26-17(2)32-22-13-18(20-9-7-8-10-21(20)31)14-23(33)28(22)27(26)19-15-24(35-3)29(37-5)25(16-19)36-4/h7-10,15-16,18,27,32H,6,11-14H2,1-5H3/t18-,27+/m0/s1. The number of carbonyl (C=O) groups is 2. The highest BCUT2D eigenvalue weighted by atomic mass is 35.5. The third kappa shape index (κ3) is 5.92. The number of ketones is 1. The van der Waals surface area contributed by atoms with E-state index in [9.17, 15) is 9.59 Å². The Kier molecular flexibility index (Phi) is 9.51. The molecule has 208 valence electrons. The molecule has 0 unspecified atom stereocenters. The van der Waals surface area contributed by atoms with Gasteiger partial charge in [0.15, 0.2) is 17.3 Å². The van der Waals surface area contributed by atoms with E-state index in [1.54, 1.807) is 23.9 Å². The van der Waals surface area contributed by atoms with Gasteiger partial charge >= 0.3 is 5.97 Å². The van der Waals surface area contributed by atoms with Crippen molar-refractivity contribution in [3.63, 3.8) is 0 Å². The molecule has 0 amide bonds. The van der Waals surface area contributed by atoms with Crippen molar-refractivity contribution in [3.05, 3.63) is 75.1 Å². The lowest BCUT2D eigenvalue weighted by molar-refractivity contribution is -0.138. The molecule has 1 heterocycles. The van der Waals surface area contributed by atoms with Crippen LogP contribution in [0, 0.1) is 0 Å². The number of hydrogen-bond donors (Lipinski definition) is 1. The third-order valence-corrected chi connectivity index (χ3v) is 8.29. The number of Topliss-reactive ketones (excluding diaryl/α,β-unsaturated/α-hetero) is 1. The Morgan fingerprint density at radius 3 is 2.38 bits per heavy atom. The van der Waals surface area contributed by atoms with E-state index in [4.69, 9.17) is 30.5 Å². The number of dihydropyridines is 1. The van der Waals surface area contributed by atoms with Crippen molar-refractivity contribution in [3.8, 4) is 17.2 Å². The normalized spacial score (nSPS) is 18.9. The van der Waals surface area contributed by atoms with E-state index in [1.165, 1.54) is 21.3 Å².